The van der Waals surface area contributed by atoms with E-state index in [-0.39, 0.29) is 5.56 Å². The highest BCUT2D eigenvalue weighted by atomic mass is 16.5. The van der Waals surface area contributed by atoms with Crippen molar-refractivity contribution in [1.82, 2.24) is 4.73 Å². The van der Waals surface area contributed by atoms with Gasteiger partial charge in [-0.05, 0) is 42.5 Å². The first kappa shape index (κ1) is 13.5. The van der Waals surface area contributed by atoms with Gasteiger partial charge < -0.3 is 9.94 Å². The Labute approximate surface area is 126 Å². The molecule has 5 heteroatoms. The Morgan fingerprint density at radius 3 is 2.23 bits per heavy atom. The van der Waals surface area contributed by atoms with Crippen LogP contribution in [0.1, 0.15) is 11.1 Å². The van der Waals surface area contributed by atoms with Crippen molar-refractivity contribution in [2.24, 2.45) is 0 Å². The molecule has 0 aliphatic rings. The second kappa shape index (κ2) is 5.16. The molecule has 5 nitrogen and oxygen atoms in total. The van der Waals surface area contributed by atoms with Crippen LogP contribution in [-0.4, -0.2) is 17.0 Å². The van der Waals surface area contributed by atoms with E-state index < -0.39 is 0 Å². The second-order valence-electron chi connectivity index (χ2n) is 4.75. The quantitative estimate of drug-likeness (QED) is 0.734. The topological polar surface area (TPSA) is 82.0 Å². The fourth-order valence-corrected chi connectivity index (χ4v) is 2.39. The fourth-order valence-electron chi connectivity index (χ4n) is 2.39. The van der Waals surface area contributed by atoms with E-state index >= 15 is 0 Å². The molecule has 0 aliphatic carbocycles. The number of hydrogen-bond donors (Lipinski definition) is 1. The van der Waals surface area contributed by atoms with Crippen molar-refractivity contribution in [3.8, 4) is 29.1 Å². The molecule has 0 saturated heterocycles. The number of benzene rings is 2. The Kier molecular flexibility index (Phi) is 3.17. The molecule has 1 N–H and O–H groups in total. The number of hydrogen-bond acceptors (Lipinski definition) is 4. The predicted molar refractivity (Wildman–Crippen MR) is 80.5 cm³/mol. The van der Waals surface area contributed by atoms with Crippen LogP contribution >= 0.6 is 0 Å². The van der Waals surface area contributed by atoms with E-state index in [2.05, 4.69) is 0 Å². The number of methoxy groups -OCH3 is 1. The van der Waals surface area contributed by atoms with Crippen molar-refractivity contribution >= 4 is 10.9 Å². The Hall–Kier alpha value is -3.44. The van der Waals surface area contributed by atoms with Gasteiger partial charge in [0.15, 0.2) is 0 Å². The van der Waals surface area contributed by atoms with Gasteiger partial charge in [0.05, 0.1) is 29.4 Å². The van der Waals surface area contributed by atoms with Crippen LogP contribution in [0.15, 0.2) is 42.5 Å². The Bertz CT molecular complexity index is 941. The highest BCUT2D eigenvalue weighted by Crippen LogP contribution is 2.29. The van der Waals surface area contributed by atoms with E-state index in [0.29, 0.717) is 22.2 Å². The fraction of sp³-hybridized carbons (Fsp3) is 0.0588. The molecule has 0 unspecified atom stereocenters. The summed E-state index contributed by atoms with van der Waals surface area (Å²) < 4.78 is 6.14. The highest BCUT2D eigenvalue weighted by molar-refractivity contribution is 5.89. The molecule has 1 heterocycles. The van der Waals surface area contributed by atoms with Crippen LogP contribution in [0.4, 0.5) is 0 Å². The summed E-state index contributed by atoms with van der Waals surface area (Å²) in [7, 11) is 1.59. The zero-order valence-electron chi connectivity index (χ0n) is 11.7. The van der Waals surface area contributed by atoms with Crippen molar-refractivity contribution in [2.45, 2.75) is 0 Å². The number of fused-ring (bicyclic) bond motifs is 1. The number of nitrogens with zero attached hydrogens (tertiary/aromatic N) is 3. The summed E-state index contributed by atoms with van der Waals surface area (Å²) >= 11 is 0. The molecule has 0 atom stereocenters. The van der Waals surface area contributed by atoms with Crippen LogP contribution in [0.2, 0.25) is 0 Å². The average Bonchev–Trinajstić information content (AvgIpc) is 2.89. The molecular formula is C17H11N3O2. The molecule has 3 rings (SSSR count). The molecule has 2 aromatic carbocycles. The molecule has 3 aromatic rings. The Morgan fingerprint density at radius 2 is 1.64 bits per heavy atom. The Balaban J connectivity index is 2.21. The van der Waals surface area contributed by atoms with E-state index in [9.17, 15) is 5.21 Å². The van der Waals surface area contributed by atoms with Gasteiger partial charge >= 0.3 is 0 Å². The molecule has 0 radical (unpaired) electrons. The van der Waals surface area contributed by atoms with Crippen LogP contribution in [0, 0.1) is 22.7 Å². The van der Waals surface area contributed by atoms with Gasteiger partial charge in [0, 0.05) is 10.9 Å². The van der Waals surface area contributed by atoms with Crippen molar-refractivity contribution in [2.75, 3.05) is 7.11 Å². The van der Waals surface area contributed by atoms with Gasteiger partial charge in [-0.3, -0.25) is 0 Å². The summed E-state index contributed by atoms with van der Waals surface area (Å²) in [6.45, 7) is 0. The molecule has 106 valence electrons. The summed E-state index contributed by atoms with van der Waals surface area (Å²) in [6, 6.07) is 16.1. The van der Waals surface area contributed by atoms with Gasteiger partial charge in [-0.2, -0.15) is 15.3 Å². The lowest BCUT2D eigenvalue weighted by Crippen LogP contribution is -1.94. The van der Waals surface area contributed by atoms with Crippen LogP contribution in [-0.2, 0) is 0 Å². The Morgan fingerprint density at radius 1 is 1.00 bits per heavy atom. The predicted octanol–water partition coefficient (Wildman–Crippen LogP) is 3.30. The average molecular weight is 289 g/mol. The van der Waals surface area contributed by atoms with Crippen LogP contribution in [0.25, 0.3) is 22.2 Å². The maximum absolute atomic E-state index is 10.3. The molecule has 0 saturated carbocycles. The zero-order chi connectivity index (χ0) is 15.7. The lowest BCUT2D eigenvalue weighted by atomic mass is 10.1. The first-order valence-electron chi connectivity index (χ1n) is 6.51. The zero-order valence-corrected chi connectivity index (χ0v) is 11.7. The SMILES string of the molecule is COc1ccc(-c2cc3cc(C#N)c(C#N)cc3n2O)cc1. The molecule has 0 amide bonds. The minimum Gasteiger partial charge on any atom is -0.497 e. The molecule has 0 fully saturated rings. The lowest BCUT2D eigenvalue weighted by molar-refractivity contribution is 0.205. The largest absolute Gasteiger partial charge is 0.497 e. The van der Waals surface area contributed by atoms with Gasteiger partial charge in [-0.15, -0.1) is 0 Å². The maximum atomic E-state index is 10.3. The highest BCUT2D eigenvalue weighted by Gasteiger charge is 2.13. The van der Waals surface area contributed by atoms with Crippen molar-refractivity contribution < 1.29 is 9.94 Å². The molecule has 0 aliphatic heterocycles. The van der Waals surface area contributed by atoms with E-state index in [1.807, 2.05) is 24.3 Å². The lowest BCUT2D eigenvalue weighted by Gasteiger charge is -2.04. The van der Waals surface area contributed by atoms with Gasteiger partial charge in [0.2, 0.25) is 0 Å². The van der Waals surface area contributed by atoms with Crippen molar-refractivity contribution in [3.05, 3.63) is 53.6 Å². The van der Waals surface area contributed by atoms with Crippen molar-refractivity contribution in [3.63, 3.8) is 0 Å². The summed E-state index contributed by atoms with van der Waals surface area (Å²) in [5.74, 6) is 0.725. The molecular weight excluding hydrogens is 278 g/mol. The summed E-state index contributed by atoms with van der Waals surface area (Å²) in [5.41, 5.74) is 2.40. The van der Waals surface area contributed by atoms with E-state index in [1.165, 1.54) is 6.07 Å². The summed E-state index contributed by atoms with van der Waals surface area (Å²) in [6.07, 6.45) is 0. The van der Waals surface area contributed by atoms with E-state index in [0.717, 1.165) is 16.0 Å². The third-order valence-electron chi connectivity index (χ3n) is 3.54. The second-order valence-corrected chi connectivity index (χ2v) is 4.75. The third-order valence-corrected chi connectivity index (χ3v) is 3.54. The van der Waals surface area contributed by atoms with Gasteiger partial charge in [0.1, 0.15) is 17.9 Å². The number of nitriles is 2. The van der Waals surface area contributed by atoms with Crippen molar-refractivity contribution in [1.29, 1.82) is 10.5 Å². The molecule has 22 heavy (non-hydrogen) atoms. The number of aromatic nitrogens is 1. The summed E-state index contributed by atoms with van der Waals surface area (Å²) in [4.78, 5) is 0. The van der Waals surface area contributed by atoms with E-state index in [1.54, 1.807) is 31.4 Å². The monoisotopic (exact) mass is 289 g/mol. The van der Waals surface area contributed by atoms with E-state index in [4.69, 9.17) is 15.3 Å². The summed E-state index contributed by atoms with van der Waals surface area (Å²) in [5, 5.41) is 29.2. The minimum atomic E-state index is 0.240. The molecule has 1 aromatic heterocycles. The van der Waals surface area contributed by atoms with Gasteiger partial charge in [-0.25, -0.2) is 0 Å². The number of rotatable bonds is 2. The maximum Gasteiger partial charge on any atom is 0.118 e. The standard InChI is InChI=1S/C17H11N3O2/c1-22-15-4-2-11(3-5-15)16-7-12-6-13(9-18)14(10-19)8-17(12)20(16)21/h2-8,21H,1H3. The van der Waals surface area contributed by atoms with Gasteiger partial charge in [-0.1, -0.05) is 0 Å². The number of ether oxygens (including phenoxy) is 1. The smallest absolute Gasteiger partial charge is 0.118 e. The van der Waals surface area contributed by atoms with Crippen LogP contribution in [0.5, 0.6) is 5.75 Å². The van der Waals surface area contributed by atoms with Crippen LogP contribution in [0.3, 0.4) is 0 Å². The first-order chi connectivity index (χ1) is 10.7. The molecule has 0 bridgehead atoms. The van der Waals surface area contributed by atoms with Gasteiger partial charge in [0.25, 0.3) is 0 Å². The third kappa shape index (κ3) is 2.02. The minimum absolute atomic E-state index is 0.240. The molecule has 0 spiro atoms. The first-order valence-corrected chi connectivity index (χ1v) is 6.51. The normalized spacial score (nSPS) is 10.1. The van der Waals surface area contributed by atoms with Crippen LogP contribution < -0.4 is 4.74 Å².